The maximum absolute atomic E-state index is 5.98. The lowest BCUT2D eigenvalue weighted by Gasteiger charge is -1.91. The Labute approximate surface area is 109 Å². The van der Waals surface area contributed by atoms with E-state index in [2.05, 4.69) is 31.6 Å². The molecule has 2 heterocycles. The van der Waals surface area contributed by atoms with E-state index in [4.69, 9.17) is 11.6 Å². The zero-order valence-electron chi connectivity index (χ0n) is 7.88. The third-order valence-corrected chi connectivity index (χ3v) is 5.30. The smallest absolute Gasteiger partial charge is 0.133 e. The molecule has 2 nitrogen and oxygen atoms in total. The maximum atomic E-state index is 5.98. The van der Waals surface area contributed by atoms with Crippen molar-refractivity contribution in [1.82, 2.24) is 10.3 Å². The molecule has 2 aromatic heterocycles. The van der Waals surface area contributed by atoms with E-state index in [-0.39, 0.29) is 0 Å². The average Bonchev–Trinajstić information content (AvgIpc) is 2.76. The first-order valence-corrected chi connectivity index (χ1v) is 7.11. The molecule has 0 aliphatic rings. The standard InChI is InChI=1S/C9H8BrClN2S2/c1-12-3-5-4-14-9(13-5)7-2-6(10)8(11)15-7/h2,4,12H,3H2,1H3. The number of thiophene rings is 1. The zero-order valence-corrected chi connectivity index (χ0v) is 11.9. The van der Waals surface area contributed by atoms with Gasteiger partial charge in [0.05, 0.1) is 10.6 Å². The third-order valence-electron chi connectivity index (χ3n) is 1.77. The van der Waals surface area contributed by atoms with Crippen molar-refractivity contribution in [2.24, 2.45) is 0 Å². The quantitative estimate of drug-likeness (QED) is 0.923. The largest absolute Gasteiger partial charge is 0.314 e. The van der Waals surface area contributed by atoms with Crippen LogP contribution in [0.3, 0.4) is 0 Å². The second-order valence-corrected chi connectivity index (χ2v) is 6.27. The maximum Gasteiger partial charge on any atom is 0.133 e. The molecule has 0 amide bonds. The molecule has 15 heavy (non-hydrogen) atoms. The summed E-state index contributed by atoms with van der Waals surface area (Å²) in [5, 5.41) is 6.17. The van der Waals surface area contributed by atoms with Gasteiger partial charge in [-0.2, -0.15) is 0 Å². The molecular weight excluding hydrogens is 316 g/mol. The number of aromatic nitrogens is 1. The van der Waals surface area contributed by atoms with E-state index in [9.17, 15) is 0 Å². The highest BCUT2D eigenvalue weighted by Gasteiger charge is 2.10. The number of halogens is 2. The van der Waals surface area contributed by atoms with Gasteiger partial charge < -0.3 is 5.32 Å². The summed E-state index contributed by atoms with van der Waals surface area (Å²) >= 11 is 12.6. The normalized spacial score (nSPS) is 10.9. The first-order valence-electron chi connectivity index (χ1n) is 4.25. The summed E-state index contributed by atoms with van der Waals surface area (Å²) in [6, 6.07) is 2.01. The fourth-order valence-electron chi connectivity index (χ4n) is 1.13. The van der Waals surface area contributed by atoms with E-state index < -0.39 is 0 Å². The van der Waals surface area contributed by atoms with Crippen molar-refractivity contribution in [1.29, 1.82) is 0 Å². The molecule has 0 atom stereocenters. The fraction of sp³-hybridized carbons (Fsp3) is 0.222. The molecule has 6 heteroatoms. The molecule has 2 aromatic rings. The van der Waals surface area contributed by atoms with Crippen molar-refractivity contribution >= 4 is 50.2 Å². The van der Waals surface area contributed by atoms with Gasteiger partial charge in [0.1, 0.15) is 9.34 Å². The van der Waals surface area contributed by atoms with Crippen LogP contribution in [0.25, 0.3) is 9.88 Å². The van der Waals surface area contributed by atoms with Gasteiger partial charge in [0.15, 0.2) is 0 Å². The van der Waals surface area contributed by atoms with Crippen molar-refractivity contribution in [2.45, 2.75) is 6.54 Å². The Morgan fingerprint density at radius 1 is 1.60 bits per heavy atom. The van der Waals surface area contributed by atoms with Crippen LogP contribution >= 0.6 is 50.2 Å². The molecule has 0 fully saturated rings. The Morgan fingerprint density at radius 2 is 2.40 bits per heavy atom. The lowest BCUT2D eigenvalue weighted by molar-refractivity contribution is 0.798. The molecule has 1 N–H and O–H groups in total. The van der Waals surface area contributed by atoms with Crippen molar-refractivity contribution in [3.8, 4) is 9.88 Å². The van der Waals surface area contributed by atoms with E-state index in [0.29, 0.717) is 0 Å². The van der Waals surface area contributed by atoms with Gasteiger partial charge in [0.2, 0.25) is 0 Å². The number of hydrogen-bond acceptors (Lipinski definition) is 4. The Balaban J connectivity index is 2.28. The topological polar surface area (TPSA) is 24.9 Å². The van der Waals surface area contributed by atoms with Gasteiger partial charge in [-0.05, 0) is 29.0 Å². The summed E-state index contributed by atoms with van der Waals surface area (Å²) < 4.78 is 1.71. The Morgan fingerprint density at radius 3 is 3.00 bits per heavy atom. The highest BCUT2D eigenvalue weighted by atomic mass is 79.9. The first-order chi connectivity index (χ1) is 7.20. The van der Waals surface area contributed by atoms with Crippen molar-refractivity contribution < 1.29 is 0 Å². The van der Waals surface area contributed by atoms with E-state index in [1.165, 1.54) is 0 Å². The molecule has 0 aliphatic carbocycles. The van der Waals surface area contributed by atoms with E-state index in [0.717, 1.165) is 30.9 Å². The predicted octanol–water partition coefficient (Wildman–Crippen LogP) is 4.01. The third kappa shape index (κ3) is 2.60. The van der Waals surface area contributed by atoms with E-state index in [1.54, 1.807) is 22.7 Å². The molecule has 0 unspecified atom stereocenters. The number of rotatable bonds is 3. The van der Waals surface area contributed by atoms with Gasteiger partial charge in [0, 0.05) is 16.4 Å². The van der Waals surface area contributed by atoms with Crippen LogP contribution in [0.5, 0.6) is 0 Å². The summed E-state index contributed by atoms with van der Waals surface area (Å²) in [6.07, 6.45) is 0. The molecule has 0 aromatic carbocycles. The second-order valence-electron chi connectivity index (χ2n) is 2.91. The minimum Gasteiger partial charge on any atom is -0.314 e. The predicted molar refractivity (Wildman–Crippen MR) is 70.9 cm³/mol. The SMILES string of the molecule is CNCc1csc(-c2cc(Br)c(Cl)s2)n1. The summed E-state index contributed by atoms with van der Waals surface area (Å²) in [5.74, 6) is 0. The highest BCUT2D eigenvalue weighted by molar-refractivity contribution is 9.10. The molecule has 0 aliphatic heterocycles. The fourth-order valence-corrected chi connectivity index (χ4v) is 3.72. The summed E-state index contributed by atoms with van der Waals surface area (Å²) in [4.78, 5) is 5.62. The number of hydrogen-bond donors (Lipinski definition) is 1. The molecule has 0 saturated heterocycles. The average molecular weight is 324 g/mol. The number of nitrogens with zero attached hydrogens (tertiary/aromatic N) is 1. The van der Waals surface area contributed by atoms with Crippen LogP contribution in [0.4, 0.5) is 0 Å². The van der Waals surface area contributed by atoms with Gasteiger partial charge in [0.25, 0.3) is 0 Å². The van der Waals surface area contributed by atoms with Gasteiger partial charge in [-0.3, -0.25) is 0 Å². The van der Waals surface area contributed by atoms with Crippen molar-refractivity contribution in [3.05, 3.63) is 25.9 Å². The van der Waals surface area contributed by atoms with Gasteiger partial charge in [-0.15, -0.1) is 22.7 Å². The zero-order chi connectivity index (χ0) is 10.8. The number of nitrogens with one attached hydrogen (secondary N) is 1. The molecule has 80 valence electrons. The first kappa shape index (κ1) is 11.5. The van der Waals surface area contributed by atoms with Crippen LogP contribution in [0.2, 0.25) is 4.34 Å². The minimum atomic E-state index is 0.773. The van der Waals surface area contributed by atoms with E-state index in [1.807, 2.05) is 13.1 Å². The van der Waals surface area contributed by atoms with Gasteiger partial charge in [-0.1, -0.05) is 11.6 Å². The summed E-state index contributed by atoms with van der Waals surface area (Å²) in [5.41, 5.74) is 1.07. The van der Waals surface area contributed by atoms with E-state index >= 15 is 0 Å². The summed E-state index contributed by atoms with van der Waals surface area (Å²) in [6.45, 7) is 0.802. The van der Waals surface area contributed by atoms with Crippen LogP contribution < -0.4 is 5.32 Å². The Bertz CT molecular complexity index is 447. The molecule has 0 bridgehead atoms. The lowest BCUT2D eigenvalue weighted by Crippen LogP contribution is -2.04. The molecule has 2 rings (SSSR count). The van der Waals surface area contributed by atoms with Crippen LogP contribution in [0.15, 0.2) is 15.9 Å². The van der Waals surface area contributed by atoms with Crippen LogP contribution in [-0.2, 0) is 6.54 Å². The Hall–Kier alpha value is 0.0600. The van der Waals surface area contributed by atoms with Gasteiger partial charge in [-0.25, -0.2) is 4.98 Å². The van der Waals surface area contributed by atoms with Crippen LogP contribution in [-0.4, -0.2) is 12.0 Å². The molecular formula is C9H8BrClN2S2. The van der Waals surface area contributed by atoms with Crippen molar-refractivity contribution in [2.75, 3.05) is 7.05 Å². The van der Waals surface area contributed by atoms with Crippen LogP contribution in [0, 0.1) is 0 Å². The highest BCUT2D eigenvalue weighted by Crippen LogP contribution is 2.38. The lowest BCUT2D eigenvalue weighted by atomic mass is 10.4. The molecule has 0 spiro atoms. The minimum absolute atomic E-state index is 0.773. The van der Waals surface area contributed by atoms with Gasteiger partial charge >= 0.3 is 0 Å². The second kappa shape index (κ2) is 4.93. The Kier molecular flexibility index (Phi) is 3.79. The number of thiazole rings is 1. The van der Waals surface area contributed by atoms with Crippen molar-refractivity contribution in [3.63, 3.8) is 0 Å². The molecule has 0 saturated carbocycles. The van der Waals surface area contributed by atoms with Crippen LogP contribution in [0.1, 0.15) is 5.69 Å². The molecule has 0 radical (unpaired) electrons. The summed E-state index contributed by atoms with van der Waals surface area (Å²) in [7, 11) is 1.91. The monoisotopic (exact) mass is 322 g/mol.